The average Bonchev–Trinajstić information content (AvgIpc) is 2.70. The van der Waals surface area contributed by atoms with Crippen LogP contribution in [0.2, 0.25) is 0 Å². The Morgan fingerprint density at radius 2 is 2.31 bits per heavy atom. The number of oxazole rings is 1. The highest BCUT2D eigenvalue weighted by Gasteiger charge is 2.17. The van der Waals surface area contributed by atoms with E-state index in [0.717, 1.165) is 0 Å². The molecule has 0 amide bonds. The Kier molecular flexibility index (Phi) is 2.62. The summed E-state index contributed by atoms with van der Waals surface area (Å²) in [6.07, 6.45) is -0.297. The van der Waals surface area contributed by atoms with Crippen molar-refractivity contribution < 1.29 is 19.1 Å². The maximum absolute atomic E-state index is 10.9. The minimum absolute atomic E-state index is 0.111. The van der Waals surface area contributed by atoms with Crippen molar-refractivity contribution in [2.24, 2.45) is 0 Å². The lowest BCUT2D eigenvalue weighted by molar-refractivity contribution is 0.0696. The van der Waals surface area contributed by atoms with E-state index < -0.39 is 5.97 Å². The Bertz CT molecular complexity index is 532. The number of carbonyl (C=O) groups is 1. The van der Waals surface area contributed by atoms with Crippen molar-refractivity contribution in [2.75, 3.05) is 7.11 Å². The molecule has 1 atom stereocenters. The SMILES string of the molecule is COC(C)c1nc2cccc(C(=O)O)c2o1. The van der Waals surface area contributed by atoms with E-state index in [1.807, 2.05) is 0 Å². The number of ether oxygens (including phenoxy) is 1. The monoisotopic (exact) mass is 221 g/mol. The number of carboxylic acid groups (broad SMARTS) is 1. The molecule has 1 aromatic carbocycles. The summed E-state index contributed by atoms with van der Waals surface area (Å²) >= 11 is 0. The second kappa shape index (κ2) is 3.94. The van der Waals surface area contributed by atoms with Crippen molar-refractivity contribution in [1.82, 2.24) is 4.98 Å². The predicted molar refractivity (Wildman–Crippen MR) is 56.4 cm³/mol. The van der Waals surface area contributed by atoms with E-state index in [0.29, 0.717) is 11.4 Å². The van der Waals surface area contributed by atoms with Crippen LogP contribution < -0.4 is 0 Å². The van der Waals surface area contributed by atoms with Crippen LogP contribution in [-0.4, -0.2) is 23.2 Å². The molecule has 1 aromatic heterocycles. The fourth-order valence-electron chi connectivity index (χ4n) is 1.41. The molecule has 2 rings (SSSR count). The molecule has 0 spiro atoms. The molecule has 0 aliphatic heterocycles. The Morgan fingerprint density at radius 1 is 1.56 bits per heavy atom. The van der Waals surface area contributed by atoms with Crippen LogP contribution in [0, 0.1) is 0 Å². The number of aromatic carboxylic acids is 1. The zero-order valence-corrected chi connectivity index (χ0v) is 8.93. The summed E-state index contributed by atoms with van der Waals surface area (Å²) in [6.45, 7) is 1.78. The van der Waals surface area contributed by atoms with E-state index in [1.165, 1.54) is 13.2 Å². The number of para-hydroxylation sites is 1. The molecule has 1 heterocycles. The van der Waals surface area contributed by atoms with Crippen LogP contribution in [0.1, 0.15) is 29.3 Å². The van der Waals surface area contributed by atoms with Crippen LogP contribution in [0.3, 0.4) is 0 Å². The first-order valence-electron chi connectivity index (χ1n) is 4.79. The number of hydrogen-bond acceptors (Lipinski definition) is 4. The lowest BCUT2D eigenvalue weighted by Gasteiger charge is -2.02. The zero-order valence-electron chi connectivity index (χ0n) is 8.93. The second-order valence-electron chi connectivity index (χ2n) is 3.39. The van der Waals surface area contributed by atoms with Crippen molar-refractivity contribution in [2.45, 2.75) is 13.0 Å². The molecule has 0 bridgehead atoms. The van der Waals surface area contributed by atoms with Gasteiger partial charge in [-0.2, -0.15) is 0 Å². The first kappa shape index (κ1) is 10.6. The molecule has 0 aliphatic rings. The molecule has 84 valence electrons. The zero-order chi connectivity index (χ0) is 11.7. The summed E-state index contributed by atoms with van der Waals surface area (Å²) in [4.78, 5) is 15.1. The van der Waals surface area contributed by atoms with Crippen molar-refractivity contribution in [3.05, 3.63) is 29.7 Å². The molecular formula is C11H11NO4. The van der Waals surface area contributed by atoms with Gasteiger partial charge in [-0.1, -0.05) is 6.07 Å². The van der Waals surface area contributed by atoms with E-state index in [9.17, 15) is 4.79 Å². The summed E-state index contributed by atoms with van der Waals surface area (Å²) < 4.78 is 10.5. The fraction of sp³-hybridized carbons (Fsp3) is 0.273. The summed E-state index contributed by atoms with van der Waals surface area (Å²) in [7, 11) is 1.54. The minimum atomic E-state index is -1.03. The third-order valence-corrected chi connectivity index (χ3v) is 2.36. The van der Waals surface area contributed by atoms with Gasteiger partial charge in [-0.25, -0.2) is 9.78 Å². The number of nitrogens with zero attached hydrogens (tertiary/aromatic N) is 1. The lowest BCUT2D eigenvalue weighted by atomic mass is 10.2. The Balaban J connectivity index is 2.61. The maximum Gasteiger partial charge on any atom is 0.339 e. The molecule has 0 fully saturated rings. The molecule has 0 saturated carbocycles. The van der Waals surface area contributed by atoms with E-state index in [4.69, 9.17) is 14.3 Å². The van der Waals surface area contributed by atoms with Gasteiger partial charge in [-0.15, -0.1) is 0 Å². The quantitative estimate of drug-likeness (QED) is 0.860. The number of carboxylic acids is 1. The Hall–Kier alpha value is -1.88. The first-order valence-corrected chi connectivity index (χ1v) is 4.79. The molecule has 16 heavy (non-hydrogen) atoms. The highest BCUT2D eigenvalue weighted by Crippen LogP contribution is 2.24. The van der Waals surface area contributed by atoms with E-state index in [-0.39, 0.29) is 17.3 Å². The van der Waals surface area contributed by atoms with Gasteiger partial charge in [-0.05, 0) is 19.1 Å². The number of rotatable bonds is 3. The molecule has 0 radical (unpaired) electrons. The molecule has 5 nitrogen and oxygen atoms in total. The summed E-state index contributed by atoms with van der Waals surface area (Å²) in [5.74, 6) is -0.649. The number of benzene rings is 1. The molecule has 0 aliphatic carbocycles. The van der Waals surface area contributed by atoms with Crippen LogP contribution in [0.15, 0.2) is 22.6 Å². The van der Waals surface area contributed by atoms with Crippen LogP contribution in [0.5, 0.6) is 0 Å². The Morgan fingerprint density at radius 3 is 2.94 bits per heavy atom. The van der Waals surface area contributed by atoms with Gasteiger partial charge >= 0.3 is 5.97 Å². The van der Waals surface area contributed by atoms with Crippen molar-refractivity contribution in [3.8, 4) is 0 Å². The molecule has 5 heteroatoms. The normalized spacial score (nSPS) is 12.9. The summed E-state index contributed by atoms with van der Waals surface area (Å²) in [5.41, 5.74) is 0.923. The highest BCUT2D eigenvalue weighted by molar-refractivity contribution is 5.99. The minimum Gasteiger partial charge on any atom is -0.478 e. The largest absolute Gasteiger partial charge is 0.478 e. The highest BCUT2D eigenvalue weighted by atomic mass is 16.5. The number of aromatic nitrogens is 1. The van der Waals surface area contributed by atoms with Gasteiger partial charge in [0.2, 0.25) is 5.89 Å². The van der Waals surface area contributed by atoms with E-state index >= 15 is 0 Å². The van der Waals surface area contributed by atoms with E-state index in [2.05, 4.69) is 4.98 Å². The van der Waals surface area contributed by atoms with Gasteiger partial charge in [0.05, 0.1) is 0 Å². The third-order valence-electron chi connectivity index (χ3n) is 2.36. The average molecular weight is 221 g/mol. The second-order valence-corrected chi connectivity index (χ2v) is 3.39. The van der Waals surface area contributed by atoms with Gasteiger partial charge in [0.15, 0.2) is 5.58 Å². The fourth-order valence-corrected chi connectivity index (χ4v) is 1.41. The van der Waals surface area contributed by atoms with Crippen LogP contribution in [-0.2, 0) is 4.74 Å². The summed E-state index contributed by atoms with van der Waals surface area (Å²) in [6, 6.07) is 4.82. The topological polar surface area (TPSA) is 72.6 Å². The Labute approximate surface area is 91.7 Å². The van der Waals surface area contributed by atoms with Gasteiger partial charge in [0.25, 0.3) is 0 Å². The molecular weight excluding hydrogens is 210 g/mol. The molecule has 1 N–H and O–H groups in total. The number of fused-ring (bicyclic) bond motifs is 1. The van der Waals surface area contributed by atoms with Crippen molar-refractivity contribution in [3.63, 3.8) is 0 Å². The van der Waals surface area contributed by atoms with Crippen LogP contribution in [0.25, 0.3) is 11.1 Å². The smallest absolute Gasteiger partial charge is 0.339 e. The van der Waals surface area contributed by atoms with Gasteiger partial charge in [0.1, 0.15) is 17.2 Å². The van der Waals surface area contributed by atoms with Crippen LogP contribution in [0.4, 0.5) is 0 Å². The van der Waals surface area contributed by atoms with Gasteiger partial charge < -0.3 is 14.3 Å². The van der Waals surface area contributed by atoms with Crippen molar-refractivity contribution >= 4 is 17.1 Å². The first-order chi connectivity index (χ1) is 7.63. The lowest BCUT2D eigenvalue weighted by Crippen LogP contribution is -1.95. The molecule has 1 unspecified atom stereocenters. The number of methoxy groups -OCH3 is 1. The van der Waals surface area contributed by atoms with Gasteiger partial charge in [0, 0.05) is 7.11 Å². The standard InChI is InChI=1S/C11H11NO4/c1-6(15-2)10-12-8-5-3-4-7(11(13)14)9(8)16-10/h3-6H,1-2H3,(H,13,14). The van der Waals surface area contributed by atoms with Crippen LogP contribution >= 0.6 is 0 Å². The third kappa shape index (κ3) is 1.65. The van der Waals surface area contributed by atoms with Gasteiger partial charge in [-0.3, -0.25) is 0 Å². The number of hydrogen-bond donors (Lipinski definition) is 1. The maximum atomic E-state index is 10.9. The molecule has 2 aromatic rings. The van der Waals surface area contributed by atoms with Crippen molar-refractivity contribution in [1.29, 1.82) is 0 Å². The molecule has 0 saturated heterocycles. The predicted octanol–water partition coefficient (Wildman–Crippen LogP) is 2.23. The van der Waals surface area contributed by atoms with E-state index in [1.54, 1.807) is 19.1 Å². The summed E-state index contributed by atoms with van der Waals surface area (Å²) in [5, 5.41) is 8.97.